The maximum Gasteiger partial charge on any atom is 0.250 e. The van der Waals surface area contributed by atoms with Crippen LogP contribution >= 0.6 is 38.9 Å². The lowest BCUT2D eigenvalue weighted by Gasteiger charge is -2.03. The predicted molar refractivity (Wildman–Crippen MR) is 74.4 cm³/mol. The van der Waals surface area contributed by atoms with E-state index in [2.05, 4.69) is 30.8 Å². The van der Waals surface area contributed by atoms with Gasteiger partial charge in [0.25, 0.3) is 0 Å². The third kappa shape index (κ3) is 2.94. The Hall–Kier alpha value is -0.410. The van der Waals surface area contributed by atoms with Gasteiger partial charge in [-0.25, -0.2) is 13.1 Å². The number of nitrogens with one attached hydrogen (secondary N) is 2. The summed E-state index contributed by atoms with van der Waals surface area (Å²) in [5, 5.41) is 6.96. The number of aromatic nitrogens is 2. The number of H-pyrrole nitrogens is 1. The molecule has 0 spiro atoms. The Morgan fingerprint density at radius 3 is 2.83 bits per heavy atom. The molecule has 0 saturated heterocycles. The summed E-state index contributed by atoms with van der Waals surface area (Å²) < 4.78 is 27.3. The highest BCUT2D eigenvalue weighted by Gasteiger charge is 2.19. The summed E-state index contributed by atoms with van der Waals surface area (Å²) in [6.45, 7) is 2.02. The number of aromatic amines is 1. The molecule has 9 heteroatoms. The third-order valence-electron chi connectivity index (χ3n) is 2.27. The first-order valence-corrected chi connectivity index (χ1v) is 8.30. The lowest BCUT2D eigenvalue weighted by Crippen LogP contribution is -2.22. The van der Waals surface area contributed by atoms with Crippen LogP contribution < -0.4 is 4.72 Å². The van der Waals surface area contributed by atoms with Crippen LogP contribution in [0.4, 0.5) is 0 Å². The second-order valence-electron chi connectivity index (χ2n) is 3.53. The van der Waals surface area contributed by atoms with Crippen molar-refractivity contribution in [2.75, 3.05) is 0 Å². The van der Waals surface area contributed by atoms with Crippen LogP contribution in [0.2, 0.25) is 5.02 Å². The maximum atomic E-state index is 12.0. The van der Waals surface area contributed by atoms with Gasteiger partial charge in [-0.2, -0.15) is 5.10 Å². The summed E-state index contributed by atoms with van der Waals surface area (Å²) in [6.07, 6.45) is 1.59. The van der Waals surface area contributed by atoms with Gasteiger partial charge in [0.1, 0.15) is 4.21 Å². The molecular weight excluding hydrogens is 362 g/mol. The number of thiophene rings is 1. The Morgan fingerprint density at radius 1 is 1.61 bits per heavy atom. The van der Waals surface area contributed by atoms with E-state index in [0.717, 1.165) is 22.6 Å². The van der Waals surface area contributed by atoms with E-state index in [0.29, 0.717) is 8.81 Å². The van der Waals surface area contributed by atoms with Crippen LogP contribution in [0, 0.1) is 6.92 Å². The average Bonchev–Trinajstić information content (AvgIpc) is 2.84. The Balaban J connectivity index is 2.15. The first-order chi connectivity index (χ1) is 8.40. The number of nitrogens with zero attached hydrogens (tertiary/aromatic N) is 1. The summed E-state index contributed by atoms with van der Waals surface area (Å²) in [7, 11) is -3.54. The molecule has 98 valence electrons. The summed E-state index contributed by atoms with van der Waals surface area (Å²) >= 11 is 10.1. The van der Waals surface area contributed by atoms with Crippen molar-refractivity contribution in [2.24, 2.45) is 0 Å². The van der Waals surface area contributed by atoms with Crippen LogP contribution in [-0.4, -0.2) is 18.6 Å². The van der Waals surface area contributed by atoms with Crippen molar-refractivity contribution in [1.29, 1.82) is 0 Å². The number of hydrogen-bond donors (Lipinski definition) is 2. The van der Waals surface area contributed by atoms with Crippen LogP contribution in [-0.2, 0) is 16.6 Å². The van der Waals surface area contributed by atoms with E-state index in [4.69, 9.17) is 11.6 Å². The van der Waals surface area contributed by atoms with Crippen molar-refractivity contribution in [3.63, 3.8) is 0 Å². The van der Waals surface area contributed by atoms with E-state index in [9.17, 15) is 8.42 Å². The first kappa shape index (κ1) is 14.0. The van der Waals surface area contributed by atoms with Gasteiger partial charge in [-0.1, -0.05) is 11.6 Å². The van der Waals surface area contributed by atoms with E-state index in [1.807, 2.05) is 6.92 Å². The molecule has 0 bridgehead atoms. The quantitative estimate of drug-likeness (QED) is 0.869. The normalized spacial score (nSPS) is 11.9. The molecule has 5 nitrogen and oxygen atoms in total. The van der Waals surface area contributed by atoms with E-state index in [1.165, 1.54) is 6.07 Å². The Labute approximate surface area is 122 Å². The van der Waals surface area contributed by atoms with Crippen molar-refractivity contribution < 1.29 is 8.42 Å². The summed E-state index contributed by atoms with van der Waals surface area (Å²) in [4.78, 5) is 0. The molecule has 2 aromatic heterocycles. The first-order valence-electron chi connectivity index (χ1n) is 4.83. The second-order valence-corrected chi connectivity index (χ2v) is 8.30. The number of aryl methyl sites for hydroxylation is 1. The number of hydrogen-bond acceptors (Lipinski definition) is 4. The smallest absolute Gasteiger partial charge is 0.250 e. The summed E-state index contributed by atoms with van der Waals surface area (Å²) in [5.41, 5.74) is 1.64. The zero-order valence-corrected chi connectivity index (χ0v) is 13.2. The van der Waals surface area contributed by atoms with E-state index in [-0.39, 0.29) is 10.8 Å². The monoisotopic (exact) mass is 369 g/mol. The van der Waals surface area contributed by atoms with Gasteiger partial charge in [0, 0.05) is 17.8 Å². The second kappa shape index (κ2) is 5.30. The molecule has 2 aromatic rings. The molecule has 0 aliphatic carbocycles. The molecule has 0 fully saturated rings. The van der Waals surface area contributed by atoms with Crippen LogP contribution in [0.3, 0.4) is 0 Å². The number of sulfonamides is 1. The van der Waals surface area contributed by atoms with Gasteiger partial charge >= 0.3 is 0 Å². The van der Waals surface area contributed by atoms with Gasteiger partial charge in [-0.3, -0.25) is 5.10 Å². The van der Waals surface area contributed by atoms with E-state index in [1.54, 1.807) is 6.20 Å². The van der Waals surface area contributed by atoms with Crippen molar-refractivity contribution in [3.05, 3.63) is 32.3 Å². The van der Waals surface area contributed by atoms with Crippen molar-refractivity contribution in [2.45, 2.75) is 17.7 Å². The molecular formula is C9H9BrClN3O2S2. The minimum Gasteiger partial charge on any atom is -0.283 e. The highest BCUT2D eigenvalue weighted by atomic mass is 79.9. The molecule has 0 amide bonds. The molecule has 0 radical (unpaired) electrons. The zero-order chi connectivity index (χ0) is 13.3. The van der Waals surface area contributed by atoms with Crippen molar-refractivity contribution in [1.82, 2.24) is 14.9 Å². The highest BCUT2D eigenvalue weighted by molar-refractivity contribution is 9.11. The minimum absolute atomic E-state index is 0.181. The topological polar surface area (TPSA) is 74.8 Å². The highest BCUT2D eigenvalue weighted by Crippen LogP contribution is 2.34. The largest absolute Gasteiger partial charge is 0.283 e. The summed E-state index contributed by atoms with van der Waals surface area (Å²) in [6, 6.07) is 1.42. The predicted octanol–water partition coefficient (Wildman–Crippen LogP) is 2.67. The number of halogens is 2. The van der Waals surface area contributed by atoms with Crippen LogP contribution in [0.25, 0.3) is 0 Å². The van der Waals surface area contributed by atoms with Crippen LogP contribution in [0.15, 0.2) is 20.3 Å². The van der Waals surface area contributed by atoms with Crippen LogP contribution in [0.5, 0.6) is 0 Å². The van der Waals surface area contributed by atoms with E-state index >= 15 is 0 Å². The summed E-state index contributed by atoms with van der Waals surface area (Å²) in [5.74, 6) is 0. The van der Waals surface area contributed by atoms with E-state index < -0.39 is 10.0 Å². The Bertz CT molecular complexity index is 646. The lowest BCUT2D eigenvalue weighted by atomic mass is 10.3. The van der Waals surface area contributed by atoms with Gasteiger partial charge < -0.3 is 0 Å². The molecule has 18 heavy (non-hydrogen) atoms. The fourth-order valence-corrected chi connectivity index (χ4v) is 4.71. The molecule has 2 rings (SSSR count). The average molecular weight is 371 g/mol. The van der Waals surface area contributed by atoms with Crippen molar-refractivity contribution in [3.8, 4) is 0 Å². The number of rotatable bonds is 4. The van der Waals surface area contributed by atoms with Gasteiger partial charge in [-0.05, 0) is 28.9 Å². The molecule has 2 N–H and O–H groups in total. The third-order valence-corrected chi connectivity index (χ3v) is 6.62. The fourth-order valence-electron chi connectivity index (χ4n) is 1.26. The SMILES string of the molecule is Cc1[nH]ncc1CNS(=O)(=O)c1cc(Cl)c(Br)s1. The van der Waals surface area contributed by atoms with Crippen LogP contribution in [0.1, 0.15) is 11.3 Å². The van der Waals surface area contributed by atoms with Gasteiger partial charge in [0.2, 0.25) is 10.0 Å². The minimum atomic E-state index is -3.54. The molecule has 0 unspecified atom stereocenters. The van der Waals surface area contributed by atoms with Gasteiger partial charge in [0.15, 0.2) is 0 Å². The Kier molecular flexibility index (Phi) is 4.12. The van der Waals surface area contributed by atoms with Crippen molar-refractivity contribution >= 4 is 48.9 Å². The zero-order valence-electron chi connectivity index (χ0n) is 9.20. The standard InChI is InChI=1S/C9H9BrClN3O2S2/c1-5-6(3-12-14-5)4-13-18(15,16)8-2-7(11)9(10)17-8/h2-3,13H,4H2,1H3,(H,12,14). The Morgan fingerprint density at radius 2 is 2.33 bits per heavy atom. The van der Waals surface area contributed by atoms with Gasteiger partial charge in [0.05, 0.1) is 15.0 Å². The molecule has 0 aliphatic heterocycles. The van der Waals surface area contributed by atoms with Gasteiger partial charge in [-0.15, -0.1) is 11.3 Å². The lowest BCUT2D eigenvalue weighted by molar-refractivity contribution is 0.583. The molecule has 0 saturated carbocycles. The molecule has 0 atom stereocenters. The maximum absolute atomic E-state index is 12.0. The molecule has 0 aliphatic rings. The molecule has 0 aromatic carbocycles. The molecule has 2 heterocycles. The fraction of sp³-hybridized carbons (Fsp3) is 0.222.